The van der Waals surface area contributed by atoms with Crippen molar-refractivity contribution in [2.45, 2.75) is 6.29 Å². The Hall–Kier alpha value is -1.10. The van der Waals surface area contributed by atoms with Gasteiger partial charge in [-0.2, -0.15) is 0 Å². The van der Waals surface area contributed by atoms with Crippen molar-refractivity contribution in [1.29, 1.82) is 0 Å². The fraction of sp³-hybridized carbons (Fsp3) is 0.111. The summed E-state index contributed by atoms with van der Waals surface area (Å²) in [5.74, 6) is -1.40. The predicted octanol–water partition coefficient (Wildman–Crippen LogP) is 3.24. The first-order valence-corrected chi connectivity index (χ1v) is 4.59. The van der Waals surface area contributed by atoms with Gasteiger partial charge < -0.3 is 9.47 Å². The van der Waals surface area contributed by atoms with Crippen LogP contribution in [0.25, 0.3) is 0 Å². The first-order chi connectivity index (χ1) is 6.70. The van der Waals surface area contributed by atoms with E-state index in [1.54, 1.807) is 0 Å². The lowest BCUT2D eigenvalue weighted by molar-refractivity contribution is -0.0299. The summed E-state index contributed by atoms with van der Waals surface area (Å²) in [4.78, 5) is 0. The molecule has 0 aliphatic carbocycles. The highest BCUT2D eigenvalue weighted by Crippen LogP contribution is 2.31. The van der Waals surface area contributed by atoms with Crippen LogP contribution in [0.3, 0.4) is 0 Å². The second-order valence-electron chi connectivity index (χ2n) is 2.63. The molecule has 0 spiro atoms. The van der Waals surface area contributed by atoms with Crippen molar-refractivity contribution in [3.8, 4) is 0 Å². The lowest BCUT2D eigenvalue weighted by Gasteiger charge is -2.12. The summed E-state index contributed by atoms with van der Waals surface area (Å²) < 4.78 is 36.6. The molecule has 1 aliphatic rings. The number of benzene rings is 1. The molecular weight excluding hydrogens is 258 g/mol. The Balaban J connectivity index is 2.45. The van der Waals surface area contributed by atoms with Crippen LogP contribution in [0.1, 0.15) is 11.9 Å². The molecule has 14 heavy (non-hydrogen) atoms. The van der Waals surface area contributed by atoms with Gasteiger partial charge in [0, 0.05) is 0 Å². The van der Waals surface area contributed by atoms with E-state index in [0.717, 1.165) is 6.07 Å². The molecule has 2 rings (SSSR count). The fourth-order valence-corrected chi connectivity index (χ4v) is 1.48. The quantitative estimate of drug-likeness (QED) is 0.724. The second kappa shape index (κ2) is 3.57. The smallest absolute Gasteiger partial charge is 0.272 e. The van der Waals surface area contributed by atoms with Crippen LogP contribution in [-0.2, 0) is 9.47 Å². The normalized spacial score (nSPS) is 15.4. The van der Waals surface area contributed by atoms with E-state index in [1.165, 1.54) is 18.6 Å². The number of hydrogen-bond acceptors (Lipinski definition) is 2. The lowest BCUT2D eigenvalue weighted by atomic mass is 10.2. The largest absolute Gasteiger partial charge is 0.455 e. The van der Waals surface area contributed by atoms with E-state index in [2.05, 4.69) is 15.9 Å². The van der Waals surface area contributed by atoms with Crippen molar-refractivity contribution in [2.75, 3.05) is 0 Å². The fourth-order valence-electron chi connectivity index (χ4n) is 1.13. The first kappa shape index (κ1) is 9.45. The van der Waals surface area contributed by atoms with Gasteiger partial charge in [0.15, 0.2) is 5.82 Å². The van der Waals surface area contributed by atoms with E-state index in [4.69, 9.17) is 9.47 Å². The Morgan fingerprint density at radius 1 is 1.14 bits per heavy atom. The second-order valence-corrected chi connectivity index (χ2v) is 3.49. The van der Waals surface area contributed by atoms with Gasteiger partial charge in [-0.15, -0.1) is 0 Å². The molecule has 0 saturated carbocycles. The van der Waals surface area contributed by atoms with Gasteiger partial charge >= 0.3 is 0 Å². The third-order valence-electron chi connectivity index (χ3n) is 1.78. The first-order valence-electron chi connectivity index (χ1n) is 3.79. The lowest BCUT2D eigenvalue weighted by Crippen LogP contribution is -2.05. The Labute approximate surface area is 87.3 Å². The van der Waals surface area contributed by atoms with Crippen LogP contribution in [0.5, 0.6) is 0 Å². The molecule has 5 heteroatoms. The van der Waals surface area contributed by atoms with Gasteiger partial charge in [-0.05, 0) is 28.1 Å². The van der Waals surface area contributed by atoms with Crippen LogP contribution in [0, 0.1) is 11.6 Å². The maximum Gasteiger partial charge on any atom is 0.272 e. The highest BCUT2D eigenvalue weighted by atomic mass is 79.9. The zero-order valence-electron chi connectivity index (χ0n) is 6.84. The zero-order valence-corrected chi connectivity index (χ0v) is 8.42. The van der Waals surface area contributed by atoms with E-state index in [1.807, 2.05) is 0 Å². The Morgan fingerprint density at radius 2 is 1.79 bits per heavy atom. The molecule has 0 atom stereocenters. The maximum atomic E-state index is 13.4. The van der Waals surface area contributed by atoms with Gasteiger partial charge in [0.2, 0.25) is 0 Å². The van der Waals surface area contributed by atoms with Crippen LogP contribution in [0.15, 0.2) is 29.1 Å². The zero-order chi connectivity index (χ0) is 10.1. The van der Waals surface area contributed by atoms with E-state index >= 15 is 0 Å². The summed E-state index contributed by atoms with van der Waals surface area (Å²) >= 11 is 2.95. The topological polar surface area (TPSA) is 18.5 Å². The molecule has 0 radical (unpaired) electrons. The molecule has 0 N–H and O–H groups in total. The van der Waals surface area contributed by atoms with Crippen molar-refractivity contribution in [3.05, 3.63) is 46.3 Å². The minimum atomic E-state index is -1.03. The van der Waals surface area contributed by atoms with Crippen LogP contribution in [0.4, 0.5) is 8.78 Å². The molecular formula is C9H5BrF2O2. The number of halogens is 3. The summed E-state index contributed by atoms with van der Waals surface area (Å²) in [6.07, 6.45) is 1.45. The summed E-state index contributed by atoms with van der Waals surface area (Å²) in [6, 6.07) is 2.43. The molecule has 0 bridgehead atoms. The van der Waals surface area contributed by atoms with E-state index in [-0.39, 0.29) is 10.0 Å². The number of hydrogen-bond donors (Lipinski definition) is 0. The molecule has 1 aromatic rings. The average molecular weight is 263 g/mol. The number of ether oxygens (including phenoxy) is 2. The van der Waals surface area contributed by atoms with Crippen molar-refractivity contribution in [2.24, 2.45) is 0 Å². The van der Waals surface area contributed by atoms with Gasteiger partial charge in [0.05, 0.1) is 4.47 Å². The van der Waals surface area contributed by atoms with E-state index in [9.17, 15) is 8.78 Å². The molecule has 0 aromatic heterocycles. The standard InChI is InChI=1S/C9H5BrF2O2/c10-5-1-2-6(11)7(8(5)12)9-13-3-4-14-9/h1-4,9H. The molecule has 0 fully saturated rings. The number of rotatable bonds is 1. The average Bonchev–Trinajstić information content (AvgIpc) is 2.65. The van der Waals surface area contributed by atoms with Crippen LogP contribution >= 0.6 is 15.9 Å². The molecule has 1 aromatic carbocycles. The van der Waals surface area contributed by atoms with E-state index < -0.39 is 17.9 Å². The Morgan fingerprint density at radius 3 is 2.43 bits per heavy atom. The minimum Gasteiger partial charge on any atom is -0.455 e. The summed E-state index contributed by atoms with van der Waals surface area (Å²) in [6.45, 7) is 0. The van der Waals surface area contributed by atoms with Crippen molar-refractivity contribution >= 4 is 15.9 Å². The van der Waals surface area contributed by atoms with Crippen LogP contribution in [0.2, 0.25) is 0 Å². The molecule has 0 saturated heterocycles. The molecule has 0 unspecified atom stereocenters. The molecule has 1 heterocycles. The highest BCUT2D eigenvalue weighted by molar-refractivity contribution is 9.10. The molecule has 1 aliphatic heterocycles. The molecule has 2 nitrogen and oxygen atoms in total. The van der Waals surface area contributed by atoms with Gasteiger partial charge in [-0.3, -0.25) is 0 Å². The summed E-state index contributed by atoms with van der Waals surface area (Å²) in [7, 11) is 0. The van der Waals surface area contributed by atoms with E-state index in [0.29, 0.717) is 0 Å². The maximum absolute atomic E-state index is 13.4. The summed E-state index contributed by atoms with van der Waals surface area (Å²) in [5, 5.41) is 0. The molecule has 0 amide bonds. The SMILES string of the molecule is Fc1ccc(Br)c(F)c1C1OC=CO1. The van der Waals surface area contributed by atoms with Crippen molar-refractivity contribution < 1.29 is 18.3 Å². The Bertz CT molecular complexity index is 385. The van der Waals surface area contributed by atoms with Gasteiger partial charge in [0.1, 0.15) is 23.9 Å². The molecule has 74 valence electrons. The van der Waals surface area contributed by atoms with Gasteiger partial charge in [0.25, 0.3) is 6.29 Å². The van der Waals surface area contributed by atoms with Crippen LogP contribution in [-0.4, -0.2) is 0 Å². The monoisotopic (exact) mass is 262 g/mol. The predicted molar refractivity (Wildman–Crippen MR) is 48.1 cm³/mol. The van der Waals surface area contributed by atoms with Gasteiger partial charge in [-0.1, -0.05) is 0 Å². The van der Waals surface area contributed by atoms with Crippen LogP contribution < -0.4 is 0 Å². The van der Waals surface area contributed by atoms with Crippen molar-refractivity contribution in [1.82, 2.24) is 0 Å². The Kier molecular flexibility index (Phi) is 2.41. The highest BCUT2D eigenvalue weighted by Gasteiger charge is 2.25. The third kappa shape index (κ3) is 1.48. The van der Waals surface area contributed by atoms with Crippen molar-refractivity contribution in [3.63, 3.8) is 0 Å². The van der Waals surface area contributed by atoms with Gasteiger partial charge in [-0.25, -0.2) is 8.78 Å². The summed E-state index contributed by atoms with van der Waals surface area (Å²) in [5.41, 5.74) is -0.232. The minimum absolute atomic E-state index is 0.174. The third-order valence-corrected chi connectivity index (χ3v) is 2.39.